The Morgan fingerprint density at radius 2 is 0.415 bits per heavy atom. The maximum absolute atomic E-state index is 8.09. The Balaban J connectivity index is -0.000000139. The van der Waals surface area contributed by atoms with E-state index in [0.29, 0.717) is 26.2 Å². The predicted octanol–water partition coefficient (Wildman–Crippen LogP) is 13.5. The molecule has 0 atom stereocenters. The summed E-state index contributed by atoms with van der Waals surface area (Å²) in [6.07, 6.45) is 30.1. The van der Waals surface area contributed by atoms with Gasteiger partial charge in [-0.15, -0.1) is 0 Å². The van der Waals surface area contributed by atoms with Crippen molar-refractivity contribution >= 4 is 0 Å². The van der Waals surface area contributed by atoms with Crippen LogP contribution in [0.2, 0.25) is 0 Å². The van der Waals surface area contributed by atoms with E-state index in [1.165, 1.54) is 128 Å². The third-order valence-corrected chi connectivity index (χ3v) is 6.45. The average molecular weight is 656 g/mol. The van der Waals surface area contributed by atoms with Gasteiger partial charge in [0.1, 0.15) is 0 Å². The fourth-order valence-corrected chi connectivity index (χ4v) is 3.85. The summed E-state index contributed by atoms with van der Waals surface area (Å²) in [4.78, 5) is 0. The summed E-state index contributed by atoms with van der Waals surface area (Å²) >= 11 is 0. The molecule has 0 aliphatic heterocycles. The molecular weight excluding hydrogens is 588 g/mol. The van der Waals surface area contributed by atoms with E-state index >= 15 is 0 Å². The number of hydrogen-bond donors (Lipinski definition) is 0. The van der Waals surface area contributed by atoms with Crippen LogP contribution < -0.4 is 0 Å². The van der Waals surface area contributed by atoms with Crippen molar-refractivity contribution < 1.29 is 26.2 Å². The fourth-order valence-electron chi connectivity index (χ4n) is 3.85. The van der Waals surface area contributed by atoms with Gasteiger partial charge in [0.2, 0.25) is 0 Å². The molecule has 41 heavy (non-hydrogen) atoms. The first-order valence-corrected chi connectivity index (χ1v) is 16.9. The molecule has 0 radical (unpaired) electrons. The Hall–Kier alpha value is -0.717. The second-order valence-electron chi connectivity index (χ2n) is 10.5. The third-order valence-electron chi connectivity index (χ3n) is 6.45. The van der Waals surface area contributed by atoms with Gasteiger partial charge in [-0.1, -0.05) is 156 Å². The van der Waals surface area contributed by atoms with E-state index < -0.39 is 0 Å². The standard InChI is InChI=1S/4C8H17N2.Zr/c4*1-2-3-4-5-6-7-8-10-9;/h4*2-8H2,1H3;/q4*-1;+4. The largest absolute Gasteiger partial charge is 4.00 e. The summed E-state index contributed by atoms with van der Waals surface area (Å²) in [5.41, 5.74) is 32.4. The van der Waals surface area contributed by atoms with Gasteiger partial charge in [0.05, 0.1) is 0 Å². The van der Waals surface area contributed by atoms with Gasteiger partial charge in [-0.05, 0) is 25.7 Å². The molecule has 240 valence electrons. The van der Waals surface area contributed by atoms with Crippen molar-refractivity contribution in [3.05, 3.63) is 22.1 Å². The van der Waals surface area contributed by atoms with Crippen molar-refractivity contribution in [2.75, 3.05) is 26.2 Å². The molecule has 0 fully saturated rings. The number of nitrogens with zero attached hydrogens (tertiary/aromatic N) is 8. The van der Waals surface area contributed by atoms with Crippen LogP contribution >= 0.6 is 0 Å². The summed E-state index contributed by atoms with van der Waals surface area (Å²) in [5, 5.41) is 12.2. The molecular formula is C32H68N8Zr. The molecule has 0 bridgehead atoms. The van der Waals surface area contributed by atoms with Crippen molar-refractivity contribution in [1.82, 2.24) is 0 Å². The zero-order valence-electron chi connectivity index (χ0n) is 27.9. The van der Waals surface area contributed by atoms with E-state index in [0.717, 1.165) is 25.7 Å². The second-order valence-corrected chi connectivity index (χ2v) is 10.5. The van der Waals surface area contributed by atoms with Gasteiger partial charge in [0.15, 0.2) is 0 Å². The van der Waals surface area contributed by atoms with Crippen LogP contribution in [0.3, 0.4) is 0 Å². The minimum Gasteiger partial charge on any atom is -0.712 e. The van der Waals surface area contributed by atoms with E-state index in [1.54, 1.807) is 0 Å². The van der Waals surface area contributed by atoms with Gasteiger partial charge < -0.3 is 42.6 Å². The molecule has 0 aromatic rings. The van der Waals surface area contributed by atoms with E-state index in [9.17, 15) is 0 Å². The Morgan fingerprint density at radius 1 is 0.268 bits per heavy atom. The zero-order valence-corrected chi connectivity index (χ0v) is 30.3. The first-order valence-electron chi connectivity index (χ1n) is 16.9. The van der Waals surface area contributed by atoms with Crippen LogP contribution in [0, 0.1) is 0 Å². The number of hydrogen-bond acceptors (Lipinski definition) is 4. The van der Waals surface area contributed by atoms with Crippen LogP contribution in [0.1, 0.15) is 182 Å². The van der Waals surface area contributed by atoms with Gasteiger partial charge in [-0.25, -0.2) is 0 Å². The molecule has 0 amide bonds. The van der Waals surface area contributed by atoms with Crippen molar-refractivity contribution in [2.45, 2.75) is 182 Å². The molecule has 0 saturated carbocycles. The monoisotopic (exact) mass is 654 g/mol. The molecule has 0 N–H and O–H groups in total. The molecule has 0 unspecified atom stereocenters. The zero-order chi connectivity index (χ0) is 30.6. The van der Waals surface area contributed by atoms with E-state index in [1.807, 2.05) is 0 Å². The van der Waals surface area contributed by atoms with Crippen molar-refractivity contribution in [1.29, 1.82) is 0 Å². The fraction of sp³-hybridized carbons (Fsp3) is 1.00. The summed E-state index contributed by atoms with van der Waals surface area (Å²) in [6, 6.07) is 0. The summed E-state index contributed by atoms with van der Waals surface area (Å²) < 4.78 is 0. The normalized spacial score (nSPS) is 9.46. The SMILES string of the molecule is CCCCCCCCN=[N-].CCCCCCCCN=[N-].CCCCCCCCN=[N-].CCCCCCCCN=[N-].[Zr+4]. The minimum atomic E-state index is 0. The number of unbranched alkanes of at least 4 members (excludes halogenated alkanes) is 20. The van der Waals surface area contributed by atoms with Gasteiger partial charge in [0, 0.05) is 26.2 Å². The van der Waals surface area contributed by atoms with E-state index in [-0.39, 0.29) is 26.2 Å². The second kappa shape index (κ2) is 58.8. The molecule has 9 heteroatoms. The minimum absolute atomic E-state index is 0. The summed E-state index contributed by atoms with van der Waals surface area (Å²) in [7, 11) is 0. The van der Waals surface area contributed by atoms with Crippen LogP contribution in [-0.2, 0) is 26.2 Å². The molecule has 0 rings (SSSR count). The molecule has 0 aromatic heterocycles. The van der Waals surface area contributed by atoms with Crippen LogP contribution in [0.5, 0.6) is 0 Å². The first-order chi connectivity index (χ1) is 19.7. The van der Waals surface area contributed by atoms with Crippen LogP contribution in [0.25, 0.3) is 22.1 Å². The van der Waals surface area contributed by atoms with Crippen LogP contribution in [0.4, 0.5) is 0 Å². The molecule has 8 nitrogen and oxygen atoms in total. The third kappa shape index (κ3) is 73.4. The summed E-state index contributed by atoms with van der Waals surface area (Å²) in [5.74, 6) is 0. The topological polar surface area (TPSA) is 139 Å². The Morgan fingerprint density at radius 3 is 0.561 bits per heavy atom. The van der Waals surface area contributed by atoms with E-state index in [4.69, 9.17) is 22.1 Å². The quantitative estimate of drug-likeness (QED) is 0.0584. The van der Waals surface area contributed by atoms with Crippen molar-refractivity contribution in [2.24, 2.45) is 20.5 Å². The average Bonchev–Trinajstić information content (AvgIpc) is 2.97. The molecule has 0 aromatic carbocycles. The van der Waals surface area contributed by atoms with Crippen molar-refractivity contribution in [3.63, 3.8) is 0 Å². The van der Waals surface area contributed by atoms with Gasteiger partial charge in [-0.2, -0.15) is 0 Å². The summed E-state index contributed by atoms with van der Waals surface area (Å²) in [6.45, 7) is 11.3. The smallest absolute Gasteiger partial charge is 0.712 e. The van der Waals surface area contributed by atoms with E-state index in [2.05, 4.69) is 48.2 Å². The van der Waals surface area contributed by atoms with Crippen LogP contribution in [-0.4, -0.2) is 26.2 Å². The van der Waals surface area contributed by atoms with Gasteiger partial charge in [-0.3, -0.25) is 0 Å². The molecule has 0 saturated heterocycles. The first kappa shape index (κ1) is 49.9. The predicted molar refractivity (Wildman–Crippen MR) is 176 cm³/mol. The Kier molecular flexibility index (Phi) is 71.7. The molecule has 0 heterocycles. The molecule has 0 aliphatic carbocycles. The van der Waals surface area contributed by atoms with Gasteiger partial charge in [0.25, 0.3) is 0 Å². The van der Waals surface area contributed by atoms with Gasteiger partial charge >= 0.3 is 26.2 Å². The molecule has 0 aliphatic rings. The molecule has 0 spiro atoms. The Labute approximate surface area is 275 Å². The maximum Gasteiger partial charge on any atom is 4.00 e. The van der Waals surface area contributed by atoms with Crippen LogP contribution in [0.15, 0.2) is 20.5 Å². The Bertz CT molecular complexity index is 373. The number of rotatable bonds is 28. The maximum atomic E-state index is 8.09. The van der Waals surface area contributed by atoms with Crippen molar-refractivity contribution in [3.8, 4) is 0 Å².